The average molecular weight is 287 g/mol. The summed E-state index contributed by atoms with van der Waals surface area (Å²) >= 11 is 0. The van der Waals surface area contributed by atoms with Crippen molar-refractivity contribution in [3.8, 4) is 0 Å². The van der Waals surface area contributed by atoms with Crippen molar-refractivity contribution in [2.75, 3.05) is 7.05 Å². The number of benzene rings is 1. The fourth-order valence-corrected chi connectivity index (χ4v) is 1.97. The average Bonchev–Trinajstić information content (AvgIpc) is 2.95. The van der Waals surface area contributed by atoms with E-state index in [2.05, 4.69) is 5.10 Å². The Morgan fingerprint density at radius 3 is 2.43 bits per heavy atom. The van der Waals surface area contributed by atoms with Gasteiger partial charge in [0.05, 0.1) is 17.3 Å². The number of rotatable bonds is 5. The van der Waals surface area contributed by atoms with E-state index in [1.165, 1.54) is 12.1 Å². The van der Waals surface area contributed by atoms with Gasteiger partial charge in [0.2, 0.25) is 0 Å². The number of amides is 1. The lowest BCUT2D eigenvalue weighted by Gasteiger charge is -2.16. The normalized spacial score (nSPS) is 10.4. The van der Waals surface area contributed by atoms with Gasteiger partial charge in [-0.3, -0.25) is 9.48 Å². The largest absolute Gasteiger partial charge is 0.478 e. The summed E-state index contributed by atoms with van der Waals surface area (Å²) < 4.78 is 1.70. The van der Waals surface area contributed by atoms with Gasteiger partial charge in [-0.1, -0.05) is 12.1 Å². The van der Waals surface area contributed by atoms with E-state index < -0.39 is 5.97 Å². The van der Waals surface area contributed by atoms with Gasteiger partial charge in [0.25, 0.3) is 5.91 Å². The number of aryl methyl sites for hydroxylation is 1. The Labute approximate surface area is 122 Å². The molecular weight excluding hydrogens is 270 g/mol. The van der Waals surface area contributed by atoms with E-state index in [0.717, 1.165) is 5.56 Å². The van der Waals surface area contributed by atoms with Gasteiger partial charge in [0.1, 0.15) is 0 Å². The molecule has 1 amide bonds. The Morgan fingerprint density at radius 2 is 1.90 bits per heavy atom. The highest BCUT2D eigenvalue weighted by molar-refractivity contribution is 5.93. The van der Waals surface area contributed by atoms with Crippen molar-refractivity contribution in [3.05, 3.63) is 53.3 Å². The molecule has 110 valence electrons. The number of aromatic carboxylic acids is 1. The number of carboxylic acid groups (broad SMARTS) is 1. The maximum Gasteiger partial charge on any atom is 0.335 e. The van der Waals surface area contributed by atoms with Crippen LogP contribution in [0.4, 0.5) is 0 Å². The van der Waals surface area contributed by atoms with Crippen LogP contribution in [0, 0.1) is 0 Å². The van der Waals surface area contributed by atoms with Crippen LogP contribution in [0.25, 0.3) is 0 Å². The first-order chi connectivity index (χ1) is 10.0. The standard InChI is InChI=1S/C15H17N3O3/c1-3-18-10-13(8-16-18)14(19)17(2)9-11-4-6-12(7-5-11)15(20)21/h4-8,10H,3,9H2,1-2H3,(H,20,21). The molecule has 0 saturated carbocycles. The predicted molar refractivity (Wildman–Crippen MR) is 77.1 cm³/mol. The van der Waals surface area contributed by atoms with Gasteiger partial charge in [-0.25, -0.2) is 4.79 Å². The number of hydrogen-bond acceptors (Lipinski definition) is 3. The number of carboxylic acids is 1. The first-order valence-electron chi connectivity index (χ1n) is 6.61. The molecule has 21 heavy (non-hydrogen) atoms. The molecule has 6 nitrogen and oxygen atoms in total. The summed E-state index contributed by atoms with van der Waals surface area (Å²) in [5.74, 6) is -1.07. The van der Waals surface area contributed by atoms with E-state index in [0.29, 0.717) is 18.7 Å². The number of carbonyl (C=O) groups is 2. The topological polar surface area (TPSA) is 75.4 Å². The summed E-state index contributed by atoms with van der Waals surface area (Å²) in [5.41, 5.74) is 1.65. The molecule has 2 aromatic rings. The van der Waals surface area contributed by atoms with Crippen molar-refractivity contribution in [2.24, 2.45) is 0 Å². The van der Waals surface area contributed by atoms with Crippen molar-refractivity contribution in [1.29, 1.82) is 0 Å². The molecule has 0 atom stereocenters. The molecule has 6 heteroatoms. The lowest BCUT2D eigenvalue weighted by Crippen LogP contribution is -2.25. The Kier molecular flexibility index (Phi) is 4.37. The van der Waals surface area contributed by atoms with Gasteiger partial charge in [-0.05, 0) is 24.6 Å². The summed E-state index contributed by atoms with van der Waals surface area (Å²) in [6.45, 7) is 3.08. The first kappa shape index (κ1) is 14.8. The summed E-state index contributed by atoms with van der Waals surface area (Å²) in [4.78, 5) is 24.6. The Hall–Kier alpha value is -2.63. The molecule has 0 aliphatic heterocycles. The summed E-state index contributed by atoms with van der Waals surface area (Å²) in [7, 11) is 1.71. The van der Waals surface area contributed by atoms with Crippen LogP contribution in [0.5, 0.6) is 0 Å². The number of carbonyl (C=O) groups excluding carboxylic acids is 1. The molecule has 0 bridgehead atoms. The molecule has 0 saturated heterocycles. The van der Waals surface area contributed by atoms with E-state index >= 15 is 0 Å². The van der Waals surface area contributed by atoms with Crippen molar-refractivity contribution in [2.45, 2.75) is 20.0 Å². The van der Waals surface area contributed by atoms with Crippen molar-refractivity contribution >= 4 is 11.9 Å². The SMILES string of the molecule is CCn1cc(C(=O)N(C)Cc2ccc(C(=O)O)cc2)cn1. The van der Waals surface area contributed by atoms with Crippen molar-refractivity contribution in [1.82, 2.24) is 14.7 Å². The number of nitrogens with zero attached hydrogens (tertiary/aromatic N) is 3. The number of hydrogen-bond donors (Lipinski definition) is 1. The lowest BCUT2D eigenvalue weighted by atomic mass is 10.1. The van der Waals surface area contributed by atoms with Gasteiger partial charge in [-0.2, -0.15) is 5.10 Å². The zero-order valence-corrected chi connectivity index (χ0v) is 12.0. The highest BCUT2D eigenvalue weighted by Crippen LogP contribution is 2.10. The molecule has 0 aliphatic rings. The smallest absolute Gasteiger partial charge is 0.335 e. The van der Waals surface area contributed by atoms with Crippen LogP contribution < -0.4 is 0 Å². The van der Waals surface area contributed by atoms with E-state index in [-0.39, 0.29) is 11.5 Å². The van der Waals surface area contributed by atoms with Crippen molar-refractivity contribution < 1.29 is 14.7 Å². The van der Waals surface area contributed by atoms with Gasteiger partial charge in [0, 0.05) is 26.3 Å². The molecule has 0 fully saturated rings. The van der Waals surface area contributed by atoms with Gasteiger partial charge in [-0.15, -0.1) is 0 Å². The Morgan fingerprint density at radius 1 is 1.24 bits per heavy atom. The quantitative estimate of drug-likeness (QED) is 0.911. The fourth-order valence-electron chi connectivity index (χ4n) is 1.97. The van der Waals surface area contributed by atoms with Crippen LogP contribution in [0.1, 0.15) is 33.2 Å². The maximum absolute atomic E-state index is 12.2. The van der Waals surface area contributed by atoms with E-state index in [9.17, 15) is 9.59 Å². The minimum atomic E-state index is -0.960. The maximum atomic E-state index is 12.2. The van der Waals surface area contributed by atoms with Crippen LogP contribution in [0.2, 0.25) is 0 Å². The molecule has 0 spiro atoms. The zero-order valence-electron chi connectivity index (χ0n) is 12.0. The third kappa shape index (κ3) is 3.47. The highest BCUT2D eigenvalue weighted by Gasteiger charge is 2.14. The minimum Gasteiger partial charge on any atom is -0.478 e. The molecule has 0 radical (unpaired) electrons. The van der Waals surface area contributed by atoms with Crippen LogP contribution in [0.15, 0.2) is 36.7 Å². The third-order valence-corrected chi connectivity index (χ3v) is 3.17. The predicted octanol–water partition coefficient (Wildman–Crippen LogP) is 1.87. The summed E-state index contributed by atoms with van der Waals surface area (Å²) in [5, 5.41) is 12.9. The van der Waals surface area contributed by atoms with E-state index in [4.69, 9.17) is 5.11 Å². The van der Waals surface area contributed by atoms with Crippen LogP contribution in [-0.4, -0.2) is 38.7 Å². The molecule has 1 aromatic heterocycles. The van der Waals surface area contributed by atoms with Crippen molar-refractivity contribution in [3.63, 3.8) is 0 Å². The molecule has 1 heterocycles. The monoisotopic (exact) mass is 287 g/mol. The van der Waals surface area contributed by atoms with E-state index in [1.54, 1.807) is 41.2 Å². The minimum absolute atomic E-state index is 0.114. The zero-order chi connectivity index (χ0) is 15.4. The Balaban J connectivity index is 2.04. The van der Waals surface area contributed by atoms with Crippen LogP contribution in [0.3, 0.4) is 0 Å². The van der Waals surface area contributed by atoms with Gasteiger partial charge < -0.3 is 10.0 Å². The third-order valence-electron chi connectivity index (χ3n) is 3.17. The second-order valence-corrected chi connectivity index (χ2v) is 4.75. The second kappa shape index (κ2) is 6.21. The number of aromatic nitrogens is 2. The molecule has 1 N–H and O–H groups in total. The highest BCUT2D eigenvalue weighted by atomic mass is 16.4. The first-order valence-corrected chi connectivity index (χ1v) is 6.61. The fraction of sp³-hybridized carbons (Fsp3) is 0.267. The van der Waals surface area contributed by atoms with E-state index in [1.807, 2.05) is 6.92 Å². The molecular formula is C15H17N3O3. The van der Waals surface area contributed by atoms with Crippen LogP contribution in [-0.2, 0) is 13.1 Å². The second-order valence-electron chi connectivity index (χ2n) is 4.75. The van der Waals surface area contributed by atoms with Gasteiger partial charge in [0.15, 0.2) is 0 Å². The lowest BCUT2D eigenvalue weighted by molar-refractivity contribution is 0.0695. The summed E-state index contributed by atoms with van der Waals surface area (Å²) in [6, 6.07) is 6.49. The Bertz CT molecular complexity index is 646. The summed E-state index contributed by atoms with van der Waals surface area (Å²) in [6.07, 6.45) is 3.27. The molecule has 2 rings (SSSR count). The van der Waals surface area contributed by atoms with Gasteiger partial charge >= 0.3 is 5.97 Å². The molecule has 0 unspecified atom stereocenters. The van der Waals surface area contributed by atoms with Crippen LogP contribution >= 0.6 is 0 Å². The molecule has 1 aromatic carbocycles. The molecule has 0 aliphatic carbocycles.